The summed E-state index contributed by atoms with van der Waals surface area (Å²) in [7, 11) is 1.58. The topological polar surface area (TPSA) is 43.4 Å². The molecule has 1 rings (SSSR count). The normalized spacial score (nSPS) is 10.4. The van der Waals surface area contributed by atoms with Crippen LogP contribution in [0.2, 0.25) is 0 Å². The van der Waals surface area contributed by atoms with Crippen molar-refractivity contribution < 1.29 is 18.3 Å². The van der Waals surface area contributed by atoms with E-state index in [0.717, 1.165) is 12.3 Å². The third-order valence-corrected chi connectivity index (χ3v) is 1.78. The molecule has 16 heavy (non-hydrogen) atoms. The van der Waals surface area contributed by atoms with E-state index in [1.165, 1.54) is 0 Å². The Morgan fingerprint density at radius 3 is 2.81 bits per heavy atom. The molecule has 0 aromatic carbocycles. The average molecular weight is 232 g/mol. The van der Waals surface area contributed by atoms with Crippen LogP contribution < -0.4 is 5.32 Å². The molecule has 0 spiro atoms. The lowest BCUT2D eigenvalue weighted by atomic mass is 10.4. The van der Waals surface area contributed by atoms with Gasteiger partial charge in [0.15, 0.2) is 11.6 Å². The maximum atomic E-state index is 13.1. The van der Waals surface area contributed by atoms with E-state index in [4.69, 9.17) is 9.47 Å². The largest absolute Gasteiger partial charge is 0.382 e. The second-order valence-corrected chi connectivity index (χ2v) is 3.02. The Balaban J connectivity index is 2.21. The molecule has 0 aliphatic rings. The number of anilines is 1. The van der Waals surface area contributed by atoms with E-state index < -0.39 is 11.6 Å². The Hall–Kier alpha value is -1.27. The second-order valence-electron chi connectivity index (χ2n) is 3.02. The number of hydrogen-bond acceptors (Lipinski definition) is 4. The Kier molecular flexibility index (Phi) is 5.66. The van der Waals surface area contributed by atoms with Gasteiger partial charge in [0, 0.05) is 19.7 Å². The highest BCUT2D eigenvalue weighted by Gasteiger charge is 2.03. The smallest absolute Gasteiger partial charge is 0.168 e. The zero-order valence-corrected chi connectivity index (χ0v) is 9.00. The molecule has 6 heteroatoms. The molecule has 1 aromatic rings. The first-order valence-electron chi connectivity index (χ1n) is 4.85. The monoisotopic (exact) mass is 232 g/mol. The van der Waals surface area contributed by atoms with Crippen LogP contribution in [-0.4, -0.2) is 38.5 Å². The summed E-state index contributed by atoms with van der Waals surface area (Å²) in [6, 6.07) is 0.779. The standard InChI is InChI=1S/C10H14F2N2O2/c1-15-4-5-16-3-2-13-10-9(12)6-8(11)7-14-10/h6-7H,2-5H2,1H3,(H,13,14). The van der Waals surface area contributed by atoms with Gasteiger partial charge in [0.05, 0.1) is 26.0 Å². The number of rotatable bonds is 7. The molecule has 0 fully saturated rings. The van der Waals surface area contributed by atoms with E-state index in [1.807, 2.05) is 0 Å². The van der Waals surface area contributed by atoms with Crippen LogP contribution in [0.3, 0.4) is 0 Å². The first-order chi connectivity index (χ1) is 7.74. The minimum Gasteiger partial charge on any atom is -0.382 e. The van der Waals surface area contributed by atoms with Crippen LogP contribution in [0.25, 0.3) is 0 Å². The number of hydrogen-bond donors (Lipinski definition) is 1. The number of methoxy groups -OCH3 is 1. The van der Waals surface area contributed by atoms with E-state index in [9.17, 15) is 8.78 Å². The Bertz CT molecular complexity index is 324. The van der Waals surface area contributed by atoms with Crippen LogP contribution >= 0.6 is 0 Å². The molecule has 0 saturated heterocycles. The summed E-state index contributed by atoms with van der Waals surface area (Å²) >= 11 is 0. The number of aromatic nitrogens is 1. The Morgan fingerprint density at radius 1 is 1.31 bits per heavy atom. The van der Waals surface area contributed by atoms with Crippen molar-refractivity contribution in [1.82, 2.24) is 4.98 Å². The van der Waals surface area contributed by atoms with Gasteiger partial charge in [-0.05, 0) is 0 Å². The van der Waals surface area contributed by atoms with Crippen molar-refractivity contribution in [2.45, 2.75) is 0 Å². The fraction of sp³-hybridized carbons (Fsp3) is 0.500. The molecule has 0 atom stereocenters. The summed E-state index contributed by atoms with van der Waals surface area (Å²) in [6.07, 6.45) is 0.956. The zero-order chi connectivity index (χ0) is 11.8. The van der Waals surface area contributed by atoms with Crippen molar-refractivity contribution in [3.8, 4) is 0 Å². The minimum atomic E-state index is -0.711. The van der Waals surface area contributed by atoms with Gasteiger partial charge < -0.3 is 14.8 Å². The molecule has 0 aliphatic heterocycles. The van der Waals surface area contributed by atoms with Crippen LogP contribution in [0.15, 0.2) is 12.3 Å². The van der Waals surface area contributed by atoms with Crippen molar-refractivity contribution in [3.63, 3.8) is 0 Å². The van der Waals surface area contributed by atoms with E-state index in [0.29, 0.717) is 26.4 Å². The van der Waals surface area contributed by atoms with Crippen LogP contribution in [0.1, 0.15) is 0 Å². The molecule has 0 amide bonds. The highest BCUT2D eigenvalue weighted by molar-refractivity contribution is 5.35. The van der Waals surface area contributed by atoms with Gasteiger partial charge in [-0.3, -0.25) is 0 Å². The summed E-state index contributed by atoms with van der Waals surface area (Å²) in [5.74, 6) is -1.38. The summed E-state index contributed by atoms with van der Waals surface area (Å²) in [5.41, 5.74) is 0. The lowest BCUT2D eigenvalue weighted by Gasteiger charge is -2.07. The molecule has 90 valence electrons. The number of nitrogens with zero attached hydrogens (tertiary/aromatic N) is 1. The van der Waals surface area contributed by atoms with Gasteiger partial charge >= 0.3 is 0 Å². The fourth-order valence-electron chi connectivity index (χ4n) is 1.03. The van der Waals surface area contributed by atoms with E-state index in [2.05, 4.69) is 10.3 Å². The Labute approximate surface area is 92.6 Å². The maximum absolute atomic E-state index is 13.1. The quantitative estimate of drug-likeness (QED) is 0.722. The van der Waals surface area contributed by atoms with Crippen molar-refractivity contribution in [1.29, 1.82) is 0 Å². The van der Waals surface area contributed by atoms with E-state index in [-0.39, 0.29) is 5.82 Å². The average Bonchev–Trinajstić information content (AvgIpc) is 2.26. The molecule has 0 unspecified atom stereocenters. The predicted octanol–water partition coefficient (Wildman–Crippen LogP) is 1.43. The number of pyridine rings is 1. The molecule has 0 radical (unpaired) electrons. The number of halogens is 2. The summed E-state index contributed by atoms with van der Waals surface area (Å²) in [5, 5.41) is 2.70. The van der Waals surface area contributed by atoms with Gasteiger partial charge in [-0.1, -0.05) is 0 Å². The van der Waals surface area contributed by atoms with Crippen LogP contribution in [0.4, 0.5) is 14.6 Å². The SMILES string of the molecule is COCCOCCNc1ncc(F)cc1F. The van der Waals surface area contributed by atoms with E-state index in [1.54, 1.807) is 7.11 Å². The highest BCUT2D eigenvalue weighted by atomic mass is 19.1. The fourth-order valence-corrected chi connectivity index (χ4v) is 1.03. The van der Waals surface area contributed by atoms with Crippen LogP contribution in [0, 0.1) is 11.6 Å². The van der Waals surface area contributed by atoms with Crippen molar-refractivity contribution >= 4 is 5.82 Å². The van der Waals surface area contributed by atoms with Gasteiger partial charge in [-0.25, -0.2) is 13.8 Å². The van der Waals surface area contributed by atoms with Gasteiger partial charge in [0.25, 0.3) is 0 Å². The van der Waals surface area contributed by atoms with Gasteiger partial charge in [0.1, 0.15) is 5.82 Å². The van der Waals surface area contributed by atoms with Crippen molar-refractivity contribution in [3.05, 3.63) is 23.9 Å². The number of ether oxygens (including phenoxy) is 2. The molecular formula is C10H14F2N2O2. The first-order valence-corrected chi connectivity index (χ1v) is 4.85. The Morgan fingerprint density at radius 2 is 2.12 bits per heavy atom. The molecule has 0 saturated carbocycles. The van der Waals surface area contributed by atoms with Crippen LogP contribution in [-0.2, 0) is 9.47 Å². The molecule has 1 N–H and O–H groups in total. The van der Waals surface area contributed by atoms with Crippen molar-refractivity contribution in [2.24, 2.45) is 0 Å². The molecule has 1 heterocycles. The van der Waals surface area contributed by atoms with Crippen molar-refractivity contribution in [2.75, 3.05) is 38.8 Å². The first kappa shape index (κ1) is 12.8. The van der Waals surface area contributed by atoms with E-state index >= 15 is 0 Å². The third kappa shape index (κ3) is 4.50. The lowest BCUT2D eigenvalue weighted by molar-refractivity contribution is 0.0759. The highest BCUT2D eigenvalue weighted by Crippen LogP contribution is 2.10. The van der Waals surface area contributed by atoms with Gasteiger partial charge in [0.2, 0.25) is 0 Å². The molecule has 1 aromatic heterocycles. The van der Waals surface area contributed by atoms with Crippen LogP contribution in [0.5, 0.6) is 0 Å². The predicted molar refractivity (Wildman–Crippen MR) is 55.3 cm³/mol. The zero-order valence-electron chi connectivity index (χ0n) is 9.00. The lowest BCUT2D eigenvalue weighted by Crippen LogP contribution is -2.13. The molecule has 0 aliphatic carbocycles. The minimum absolute atomic E-state index is 0.0248. The maximum Gasteiger partial charge on any atom is 0.168 e. The van der Waals surface area contributed by atoms with Gasteiger partial charge in [-0.15, -0.1) is 0 Å². The summed E-state index contributed by atoms with van der Waals surface area (Å²) in [4.78, 5) is 3.57. The molecule has 0 bridgehead atoms. The summed E-state index contributed by atoms with van der Waals surface area (Å²) < 4.78 is 35.5. The third-order valence-electron chi connectivity index (χ3n) is 1.78. The van der Waals surface area contributed by atoms with Gasteiger partial charge in [-0.2, -0.15) is 0 Å². The summed E-state index contributed by atoms with van der Waals surface area (Å²) in [6.45, 7) is 1.81. The number of nitrogens with one attached hydrogen (secondary N) is 1. The molecule has 4 nitrogen and oxygen atoms in total. The second kappa shape index (κ2) is 7.08. The molecular weight excluding hydrogens is 218 g/mol.